The lowest BCUT2D eigenvalue weighted by molar-refractivity contribution is -0.109. The number of aryl methyl sites for hydroxylation is 2. The van der Waals surface area contributed by atoms with Crippen molar-refractivity contribution >= 4 is 18.1 Å². The van der Waals surface area contributed by atoms with Gasteiger partial charge in [-0.3, -0.25) is 5.32 Å². The first kappa shape index (κ1) is 18.0. The smallest absolute Gasteiger partial charge is 0.409 e. The molecule has 0 bridgehead atoms. The summed E-state index contributed by atoms with van der Waals surface area (Å²) in [6.45, 7) is 1.69. The summed E-state index contributed by atoms with van der Waals surface area (Å²) in [6.07, 6.45) is 2.84. The van der Waals surface area contributed by atoms with Crippen LogP contribution in [0.3, 0.4) is 0 Å². The Kier molecular flexibility index (Phi) is 4.69. The minimum absolute atomic E-state index is 0.00928. The fourth-order valence-corrected chi connectivity index (χ4v) is 3.81. The first-order valence-corrected chi connectivity index (χ1v) is 9.22. The second-order valence-corrected chi connectivity index (χ2v) is 7.03. The van der Waals surface area contributed by atoms with Gasteiger partial charge in [-0.05, 0) is 48.4 Å². The highest BCUT2D eigenvalue weighted by atomic mass is 16.5. The number of hydrogen-bond acceptors (Lipinski definition) is 4. The highest BCUT2D eigenvalue weighted by molar-refractivity contribution is 5.89. The SMILES string of the molecule is Cc1noc(-c2ccc(-c3ccc4c(c3)CCCC4C=O)cc2)c1NC(=O)O. The van der Waals surface area contributed by atoms with E-state index in [1.54, 1.807) is 6.92 Å². The van der Waals surface area contributed by atoms with Gasteiger partial charge >= 0.3 is 6.09 Å². The van der Waals surface area contributed by atoms with Crippen molar-refractivity contribution in [2.75, 3.05) is 5.32 Å². The van der Waals surface area contributed by atoms with Gasteiger partial charge in [0.25, 0.3) is 0 Å². The Morgan fingerprint density at radius 1 is 1.18 bits per heavy atom. The number of hydrogen-bond donors (Lipinski definition) is 2. The van der Waals surface area contributed by atoms with Gasteiger partial charge in [-0.15, -0.1) is 0 Å². The number of nitrogens with zero attached hydrogens (tertiary/aromatic N) is 1. The third-order valence-corrected chi connectivity index (χ3v) is 5.24. The van der Waals surface area contributed by atoms with Gasteiger partial charge in [0.15, 0.2) is 5.76 Å². The average Bonchev–Trinajstić information content (AvgIpc) is 3.07. The first-order valence-electron chi connectivity index (χ1n) is 9.22. The van der Waals surface area contributed by atoms with Crippen molar-refractivity contribution in [3.8, 4) is 22.5 Å². The van der Waals surface area contributed by atoms with Gasteiger partial charge in [0.1, 0.15) is 17.7 Å². The van der Waals surface area contributed by atoms with Crippen molar-refractivity contribution in [1.82, 2.24) is 5.16 Å². The molecular formula is C22H20N2O4. The van der Waals surface area contributed by atoms with E-state index in [0.717, 1.165) is 47.8 Å². The molecule has 0 fully saturated rings. The second kappa shape index (κ2) is 7.31. The number of carbonyl (C=O) groups excluding carboxylic acids is 1. The summed E-state index contributed by atoms with van der Waals surface area (Å²) in [5.41, 5.74) is 6.10. The van der Waals surface area contributed by atoms with E-state index < -0.39 is 6.09 Å². The summed E-state index contributed by atoms with van der Waals surface area (Å²) in [5, 5.41) is 15.2. The van der Waals surface area contributed by atoms with E-state index in [-0.39, 0.29) is 5.92 Å². The van der Waals surface area contributed by atoms with Crippen LogP contribution in [0.1, 0.15) is 35.6 Å². The molecule has 0 saturated carbocycles. The molecule has 0 radical (unpaired) electrons. The number of nitrogens with one attached hydrogen (secondary N) is 1. The quantitative estimate of drug-likeness (QED) is 0.623. The van der Waals surface area contributed by atoms with Crippen LogP contribution in [0.2, 0.25) is 0 Å². The molecular weight excluding hydrogens is 356 g/mol. The van der Waals surface area contributed by atoms with E-state index in [0.29, 0.717) is 17.1 Å². The fourth-order valence-electron chi connectivity index (χ4n) is 3.81. The van der Waals surface area contributed by atoms with Gasteiger partial charge in [0.2, 0.25) is 0 Å². The molecule has 0 spiro atoms. The van der Waals surface area contributed by atoms with E-state index in [9.17, 15) is 9.59 Å². The van der Waals surface area contributed by atoms with E-state index in [4.69, 9.17) is 9.63 Å². The zero-order valence-electron chi connectivity index (χ0n) is 15.4. The van der Waals surface area contributed by atoms with E-state index in [1.807, 2.05) is 30.3 Å². The Morgan fingerprint density at radius 2 is 1.89 bits per heavy atom. The van der Waals surface area contributed by atoms with Crippen molar-refractivity contribution in [3.05, 3.63) is 59.3 Å². The Labute approximate surface area is 162 Å². The normalized spacial score (nSPS) is 15.7. The maximum atomic E-state index is 11.3. The second-order valence-electron chi connectivity index (χ2n) is 7.03. The molecule has 2 N–H and O–H groups in total. The molecule has 3 aromatic rings. The molecule has 28 heavy (non-hydrogen) atoms. The predicted octanol–water partition coefficient (Wildman–Crippen LogP) is 5.03. The van der Waals surface area contributed by atoms with Crippen LogP contribution in [0.25, 0.3) is 22.5 Å². The number of amides is 1. The number of carboxylic acid groups (broad SMARTS) is 1. The van der Waals surface area contributed by atoms with Crippen LogP contribution in [0, 0.1) is 6.92 Å². The average molecular weight is 376 g/mol. The van der Waals surface area contributed by atoms with Gasteiger partial charge in [-0.2, -0.15) is 0 Å². The molecule has 142 valence electrons. The molecule has 1 atom stereocenters. The number of benzene rings is 2. The third kappa shape index (κ3) is 3.29. The van der Waals surface area contributed by atoms with Crippen LogP contribution < -0.4 is 5.32 Å². The molecule has 1 heterocycles. The lowest BCUT2D eigenvalue weighted by Crippen LogP contribution is -2.10. The zero-order valence-corrected chi connectivity index (χ0v) is 15.4. The van der Waals surface area contributed by atoms with Crippen LogP contribution in [-0.4, -0.2) is 22.6 Å². The third-order valence-electron chi connectivity index (χ3n) is 5.24. The Balaban J connectivity index is 1.64. The molecule has 1 amide bonds. The van der Waals surface area contributed by atoms with E-state index in [1.165, 1.54) is 5.56 Å². The van der Waals surface area contributed by atoms with Gasteiger partial charge < -0.3 is 14.4 Å². The van der Waals surface area contributed by atoms with Crippen LogP contribution in [-0.2, 0) is 11.2 Å². The van der Waals surface area contributed by atoms with Gasteiger partial charge in [-0.1, -0.05) is 47.6 Å². The summed E-state index contributed by atoms with van der Waals surface area (Å²) in [7, 11) is 0. The van der Waals surface area contributed by atoms with Crippen LogP contribution >= 0.6 is 0 Å². The molecule has 6 heteroatoms. The lowest BCUT2D eigenvalue weighted by Gasteiger charge is -2.22. The molecule has 0 aliphatic heterocycles. The molecule has 0 saturated heterocycles. The Morgan fingerprint density at radius 3 is 2.61 bits per heavy atom. The summed E-state index contributed by atoms with van der Waals surface area (Å²) in [6, 6.07) is 14.0. The van der Waals surface area contributed by atoms with Crippen molar-refractivity contribution in [2.45, 2.75) is 32.1 Å². The van der Waals surface area contributed by atoms with Gasteiger partial charge in [0.05, 0.1) is 0 Å². The highest BCUT2D eigenvalue weighted by Crippen LogP contribution is 2.35. The van der Waals surface area contributed by atoms with Crippen LogP contribution in [0.15, 0.2) is 47.0 Å². The maximum Gasteiger partial charge on any atom is 0.409 e. The lowest BCUT2D eigenvalue weighted by atomic mass is 9.82. The zero-order chi connectivity index (χ0) is 19.7. The first-order chi connectivity index (χ1) is 13.6. The largest absolute Gasteiger partial charge is 0.465 e. The van der Waals surface area contributed by atoms with Crippen molar-refractivity contribution in [3.63, 3.8) is 0 Å². The van der Waals surface area contributed by atoms with Gasteiger partial charge in [0, 0.05) is 11.5 Å². The topological polar surface area (TPSA) is 92.4 Å². The number of anilines is 1. The standard InChI is InChI=1S/C22H20N2O4/c1-13-20(23-22(26)27)21(28-24-13)15-7-5-14(6-8-15)16-9-10-19-17(11-16)3-2-4-18(19)12-25/h5-12,18,23H,2-4H2,1H3,(H,26,27). The van der Waals surface area contributed by atoms with Crippen molar-refractivity contribution < 1.29 is 19.2 Å². The highest BCUT2D eigenvalue weighted by Gasteiger charge is 2.20. The number of aromatic nitrogens is 1. The summed E-state index contributed by atoms with van der Waals surface area (Å²) >= 11 is 0. The molecule has 1 aliphatic rings. The van der Waals surface area contributed by atoms with E-state index >= 15 is 0 Å². The van der Waals surface area contributed by atoms with Crippen molar-refractivity contribution in [1.29, 1.82) is 0 Å². The van der Waals surface area contributed by atoms with Crippen molar-refractivity contribution in [2.24, 2.45) is 0 Å². The van der Waals surface area contributed by atoms with Crippen LogP contribution in [0.4, 0.5) is 10.5 Å². The minimum atomic E-state index is -1.16. The number of fused-ring (bicyclic) bond motifs is 1. The number of rotatable bonds is 4. The monoisotopic (exact) mass is 376 g/mol. The van der Waals surface area contributed by atoms with Crippen LogP contribution in [0.5, 0.6) is 0 Å². The number of aldehydes is 1. The molecule has 1 aliphatic carbocycles. The Bertz CT molecular complexity index is 1040. The molecule has 1 unspecified atom stereocenters. The van der Waals surface area contributed by atoms with Gasteiger partial charge in [-0.25, -0.2) is 4.79 Å². The summed E-state index contributed by atoms with van der Waals surface area (Å²) in [4.78, 5) is 22.3. The maximum absolute atomic E-state index is 11.3. The molecule has 1 aromatic heterocycles. The Hall–Kier alpha value is -3.41. The summed E-state index contributed by atoms with van der Waals surface area (Å²) in [5.74, 6) is 0.403. The molecule has 6 nitrogen and oxygen atoms in total. The minimum Gasteiger partial charge on any atom is -0.465 e. The number of carbonyl (C=O) groups is 2. The predicted molar refractivity (Wildman–Crippen MR) is 106 cm³/mol. The molecule has 2 aromatic carbocycles. The summed E-state index contributed by atoms with van der Waals surface area (Å²) < 4.78 is 5.32. The van der Waals surface area contributed by atoms with E-state index in [2.05, 4.69) is 22.6 Å². The fraction of sp³-hybridized carbons (Fsp3) is 0.227. The molecule has 4 rings (SSSR count).